The predicted molar refractivity (Wildman–Crippen MR) is 175 cm³/mol. The molecule has 2 heterocycles. The number of hydrogen-bond donors (Lipinski definition) is 0. The summed E-state index contributed by atoms with van der Waals surface area (Å²) in [5.74, 6) is -0.136. The van der Waals surface area contributed by atoms with Gasteiger partial charge in [0.05, 0.1) is 24.2 Å². The third-order valence-electron chi connectivity index (χ3n) is 11.8. The molecule has 9 heteroatoms. The first-order valence-corrected chi connectivity index (χ1v) is 17.8. The summed E-state index contributed by atoms with van der Waals surface area (Å²) in [6.45, 7) is 18.5. The van der Waals surface area contributed by atoms with Crippen LogP contribution in [-0.4, -0.2) is 62.1 Å². The van der Waals surface area contributed by atoms with Crippen LogP contribution in [0.25, 0.3) is 0 Å². The lowest BCUT2D eigenvalue weighted by Gasteiger charge is -2.49. The van der Waals surface area contributed by atoms with Crippen LogP contribution in [0, 0.1) is 51.8 Å². The normalized spacial score (nSPS) is 40.2. The molecule has 0 spiro atoms. The van der Waals surface area contributed by atoms with Crippen molar-refractivity contribution in [3.63, 3.8) is 0 Å². The van der Waals surface area contributed by atoms with Gasteiger partial charge in [-0.1, -0.05) is 45.4 Å². The standard InChI is InChI=1S/C37H55ClO8/c1-21(2)28-13-25-16-36(19-39,37(28,17-25)34(41)45-20-44-33(40)35(6,7)8)29-15-30(38)23(4)26(29)11-9-10-12-42-31-14-27-22(3)18-43-32(27)24(5)46-31/h13,19,21,23-27,29-32H,3,9-12,14-18,20H2,1-2,4-8H3/t23?,24?,25?,26?,27?,29?,30?,31?,32?,36-,37+/m0/s1. The Labute approximate surface area is 280 Å². The molecule has 46 heavy (non-hydrogen) atoms. The minimum absolute atomic E-state index is 0.0284. The number of hydrogen-bond acceptors (Lipinski definition) is 8. The quantitative estimate of drug-likeness (QED) is 0.0549. The fourth-order valence-corrected chi connectivity index (χ4v) is 9.93. The van der Waals surface area contributed by atoms with E-state index >= 15 is 0 Å². The lowest BCUT2D eigenvalue weighted by atomic mass is 9.52. The summed E-state index contributed by atoms with van der Waals surface area (Å²) in [6, 6.07) is 0. The van der Waals surface area contributed by atoms with Gasteiger partial charge in [0.2, 0.25) is 6.79 Å². The monoisotopic (exact) mass is 662 g/mol. The summed E-state index contributed by atoms with van der Waals surface area (Å²) in [4.78, 5) is 40.2. The third kappa shape index (κ3) is 6.25. The van der Waals surface area contributed by atoms with Gasteiger partial charge >= 0.3 is 11.9 Å². The number of fused-ring (bicyclic) bond motifs is 3. The van der Waals surface area contributed by atoms with Gasteiger partial charge in [0.1, 0.15) is 11.7 Å². The Morgan fingerprint density at radius 1 is 1.15 bits per heavy atom. The van der Waals surface area contributed by atoms with E-state index in [1.54, 1.807) is 20.8 Å². The SMILES string of the molecule is C=C1COC2C(C)OC(OCCCCC3C(C)C(Cl)CC3[C@@]3(C=O)CC4C=C(C(C)C)[C@@]3(C(=O)OCOC(=O)C(C)(C)C)C4)CC12. The highest BCUT2D eigenvalue weighted by Crippen LogP contribution is 2.71. The average molecular weight is 663 g/mol. The summed E-state index contributed by atoms with van der Waals surface area (Å²) < 4.78 is 29.2. The van der Waals surface area contributed by atoms with Gasteiger partial charge in [-0.15, -0.1) is 11.6 Å². The Balaban J connectivity index is 1.27. The lowest BCUT2D eigenvalue weighted by molar-refractivity contribution is -0.226. The summed E-state index contributed by atoms with van der Waals surface area (Å²) in [5, 5.41) is -0.0821. The Hall–Kier alpha value is -1.74. The van der Waals surface area contributed by atoms with Crippen molar-refractivity contribution in [2.45, 2.75) is 117 Å². The highest BCUT2D eigenvalue weighted by molar-refractivity contribution is 6.21. The first-order valence-electron chi connectivity index (χ1n) is 17.4. The van der Waals surface area contributed by atoms with Crippen molar-refractivity contribution >= 4 is 29.8 Å². The van der Waals surface area contributed by atoms with Crippen LogP contribution in [0.2, 0.25) is 0 Å². The van der Waals surface area contributed by atoms with E-state index in [1.807, 2.05) is 6.92 Å². The molecule has 0 radical (unpaired) electrons. The molecule has 5 aliphatic rings. The van der Waals surface area contributed by atoms with Crippen molar-refractivity contribution in [2.24, 2.45) is 51.8 Å². The van der Waals surface area contributed by atoms with Gasteiger partial charge in [0, 0.05) is 29.7 Å². The molecule has 4 fully saturated rings. The van der Waals surface area contributed by atoms with E-state index in [9.17, 15) is 14.4 Å². The van der Waals surface area contributed by atoms with Gasteiger partial charge in [0.25, 0.3) is 0 Å². The summed E-state index contributed by atoms with van der Waals surface area (Å²) in [5.41, 5.74) is -0.636. The second-order valence-electron chi connectivity index (χ2n) is 16.0. The molecule has 3 aliphatic carbocycles. The summed E-state index contributed by atoms with van der Waals surface area (Å²) in [7, 11) is 0. The van der Waals surface area contributed by atoms with E-state index in [4.69, 9.17) is 35.3 Å². The van der Waals surface area contributed by atoms with Crippen LogP contribution in [0.15, 0.2) is 23.8 Å². The molecule has 0 amide bonds. The number of halogens is 1. The van der Waals surface area contributed by atoms with E-state index in [0.29, 0.717) is 32.5 Å². The highest BCUT2D eigenvalue weighted by Gasteiger charge is 2.72. The zero-order valence-electron chi connectivity index (χ0n) is 28.9. The van der Waals surface area contributed by atoms with Crippen molar-refractivity contribution in [1.82, 2.24) is 0 Å². The Bertz CT molecular complexity index is 1210. The van der Waals surface area contributed by atoms with Crippen molar-refractivity contribution in [2.75, 3.05) is 20.0 Å². The molecule has 5 rings (SSSR count). The maximum absolute atomic E-state index is 14.2. The van der Waals surface area contributed by atoms with Crippen molar-refractivity contribution in [3.8, 4) is 0 Å². The molecule has 0 N–H and O–H groups in total. The minimum Gasteiger partial charge on any atom is -0.427 e. The van der Waals surface area contributed by atoms with Crippen LogP contribution in [0.1, 0.15) is 93.4 Å². The summed E-state index contributed by atoms with van der Waals surface area (Å²) >= 11 is 6.99. The molecular weight excluding hydrogens is 608 g/mol. The lowest BCUT2D eigenvalue weighted by Crippen LogP contribution is -2.53. The maximum Gasteiger partial charge on any atom is 0.320 e. The van der Waals surface area contributed by atoms with Crippen LogP contribution in [0.4, 0.5) is 0 Å². The van der Waals surface area contributed by atoms with Crippen LogP contribution in [-0.2, 0) is 38.1 Å². The number of alkyl halides is 1. The Morgan fingerprint density at radius 2 is 1.89 bits per heavy atom. The van der Waals surface area contributed by atoms with Crippen molar-refractivity contribution in [3.05, 3.63) is 23.8 Å². The fraction of sp³-hybridized carbons (Fsp3) is 0.811. The molecule has 11 atom stereocenters. The number of rotatable bonds is 12. The number of allylic oxidation sites excluding steroid dienone is 1. The number of esters is 2. The molecular formula is C37H55ClO8. The first-order chi connectivity index (χ1) is 21.7. The maximum atomic E-state index is 14.2. The zero-order chi connectivity index (χ0) is 33.6. The second-order valence-corrected chi connectivity index (χ2v) is 16.6. The average Bonchev–Trinajstić information content (AvgIpc) is 3.73. The highest BCUT2D eigenvalue weighted by atomic mass is 35.5. The number of carbonyl (C=O) groups is 3. The van der Waals surface area contributed by atoms with Crippen LogP contribution in [0.3, 0.4) is 0 Å². The molecule has 258 valence electrons. The molecule has 2 aliphatic heterocycles. The van der Waals surface area contributed by atoms with Crippen LogP contribution >= 0.6 is 11.6 Å². The van der Waals surface area contributed by atoms with E-state index < -0.39 is 35.0 Å². The Kier molecular flexibility index (Phi) is 10.5. The smallest absolute Gasteiger partial charge is 0.320 e. The minimum atomic E-state index is -1.09. The third-order valence-corrected chi connectivity index (χ3v) is 12.4. The van der Waals surface area contributed by atoms with E-state index in [0.717, 1.165) is 43.1 Å². The van der Waals surface area contributed by atoms with Crippen molar-refractivity contribution in [1.29, 1.82) is 0 Å². The van der Waals surface area contributed by atoms with Gasteiger partial charge in [-0.3, -0.25) is 9.59 Å². The number of carbonyl (C=O) groups excluding carboxylic acids is 3. The number of aldehydes is 1. The molecule has 8 nitrogen and oxygen atoms in total. The topological polar surface area (TPSA) is 97.4 Å². The molecule has 0 aromatic carbocycles. The van der Waals surface area contributed by atoms with E-state index in [-0.39, 0.29) is 59.4 Å². The van der Waals surface area contributed by atoms with Crippen molar-refractivity contribution < 1.29 is 38.1 Å². The van der Waals surface area contributed by atoms with Gasteiger partial charge in [-0.25, -0.2) is 0 Å². The summed E-state index contributed by atoms with van der Waals surface area (Å²) in [6.07, 6.45) is 8.33. The van der Waals surface area contributed by atoms with E-state index in [2.05, 4.69) is 33.4 Å². The Morgan fingerprint density at radius 3 is 2.57 bits per heavy atom. The largest absolute Gasteiger partial charge is 0.427 e. The number of unbranched alkanes of at least 4 members (excludes halogenated alkanes) is 1. The molecule has 2 saturated carbocycles. The van der Waals surface area contributed by atoms with E-state index in [1.165, 1.54) is 0 Å². The van der Waals surface area contributed by atoms with Gasteiger partial charge in [0.15, 0.2) is 6.29 Å². The molecule has 0 aromatic heterocycles. The zero-order valence-corrected chi connectivity index (χ0v) is 29.6. The van der Waals surface area contributed by atoms with Gasteiger partial charge in [-0.2, -0.15) is 0 Å². The number of ether oxygens (including phenoxy) is 5. The molecule has 0 aromatic rings. The molecule has 2 bridgehead atoms. The van der Waals surface area contributed by atoms with Crippen LogP contribution < -0.4 is 0 Å². The van der Waals surface area contributed by atoms with Gasteiger partial charge in [-0.05, 0) is 95.0 Å². The predicted octanol–water partition coefficient (Wildman–Crippen LogP) is 7.03. The fourth-order valence-electron chi connectivity index (χ4n) is 9.55. The van der Waals surface area contributed by atoms with Crippen LogP contribution in [0.5, 0.6) is 0 Å². The first kappa shape index (κ1) is 35.6. The second kappa shape index (κ2) is 13.6. The molecule has 9 unspecified atom stereocenters. The van der Waals surface area contributed by atoms with Gasteiger partial charge < -0.3 is 28.5 Å². The molecule has 2 saturated heterocycles.